The van der Waals surface area contributed by atoms with Crippen LogP contribution < -0.4 is 4.74 Å². The van der Waals surface area contributed by atoms with E-state index in [1.165, 1.54) is 0 Å². The van der Waals surface area contributed by atoms with Gasteiger partial charge in [-0.1, -0.05) is 84.4 Å². The van der Waals surface area contributed by atoms with Crippen LogP contribution in [0.15, 0.2) is 103 Å². The van der Waals surface area contributed by atoms with Crippen molar-refractivity contribution in [1.29, 1.82) is 0 Å². The molecule has 4 aromatic carbocycles. The highest BCUT2D eigenvalue weighted by atomic mass is 35.5. The average molecular weight is 357 g/mol. The second kappa shape index (κ2) is 7.47. The predicted molar refractivity (Wildman–Crippen MR) is 109 cm³/mol. The molecular formula is C24H17ClO. The molecule has 0 aromatic heterocycles. The van der Waals surface area contributed by atoms with Crippen LogP contribution >= 0.6 is 11.6 Å². The van der Waals surface area contributed by atoms with Crippen LogP contribution in [0.3, 0.4) is 0 Å². The van der Waals surface area contributed by atoms with E-state index in [4.69, 9.17) is 16.3 Å². The summed E-state index contributed by atoms with van der Waals surface area (Å²) in [5.41, 5.74) is 4.32. The van der Waals surface area contributed by atoms with Crippen molar-refractivity contribution in [3.8, 4) is 33.8 Å². The van der Waals surface area contributed by atoms with E-state index in [0.717, 1.165) is 38.8 Å². The molecule has 0 aliphatic rings. The first kappa shape index (κ1) is 16.4. The minimum atomic E-state index is 0.718. The van der Waals surface area contributed by atoms with E-state index in [9.17, 15) is 0 Å². The van der Waals surface area contributed by atoms with Gasteiger partial charge >= 0.3 is 0 Å². The zero-order valence-corrected chi connectivity index (χ0v) is 14.9. The number of rotatable bonds is 4. The Bertz CT molecular complexity index is 1010. The highest BCUT2D eigenvalue weighted by Gasteiger charge is 2.14. The summed E-state index contributed by atoms with van der Waals surface area (Å²) in [7, 11) is 0. The molecule has 0 saturated carbocycles. The Morgan fingerprint density at radius 3 is 1.96 bits per heavy atom. The van der Waals surface area contributed by atoms with Crippen LogP contribution in [0.1, 0.15) is 0 Å². The Kier molecular flexibility index (Phi) is 4.72. The third-order valence-electron chi connectivity index (χ3n) is 4.20. The summed E-state index contributed by atoms with van der Waals surface area (Å²) in [4.78, 5) is 0. The molecule has 0 saturated heterocycles. The molecule has 0 aliphatic carbocycles. The Morgan fingerprint density at radius 2 is 1.23 bits per heavy atom. The number of ether oxygens (including phenoxy) is 1. The lowest BCUT2D eigenvalue weighted by atomic mass is 9.93. The molecule has 0 aliphatic heterocycles. The SMILES string of the molecule is Clc1cccc(-c2cccc(Oc3ccccc3)c2-c2ccccc2)c1. The van der Waals surface area contributed by atoms with Gasteiger partial charge in [-0.15, -0.1) is 0 Å². The third kappa shape index (κ3) is 3.49. The predicted octanol–water partition coefficient (Wildman–Crippen LogP) is 7.47. The molecule has 0 heterocycles. The first-order valence-corrected chi connectivity index (χ1v) is 8.86. The summed E-state index contributed by atoms with van der Waals surface area (Å²) < 4.78 is 6.22. The minimum absolute atomic E-state index is 0.718. The highest BCUT2D eigenvalue weighted by Crippen LogP contribution is 2.41. The molecule has 0 atom stereocenters. The van der Waals surface area contributed by atoms with Crippen LogP contribution in [-0.2, 0) is 0 Å². The molecule has 26 heavy (non-hydrogen) atoms. The van der Waals surface area contributed by atoms with Crippen LogP contribution in [0.2, 0.25) is 5.02 Å². The van der Waals surface area contributed by atoms with E-state index in [1.807, 2.05) is 78.9 Å². The number of para-hydroxylation sites is 1. The topological polar surface area (TPSA) is 9.23 Å². The second-order valence-corrected chi connectivity index (χ2v) is 6.41. The Hall–Kier alpha value is -3.03. The zero-order valence-electron chi connectivity index (χ0n) is 14.1. The maximum Gasteiger partial charge on any atom is 0.135 e. The molecule has 0 unspecified atom stereocenters. The van der Waals surface area contributed by atoms with E-state index in [-0.39, 0.29) is 0 Å². The van der Waals surface area contributed by atoms with E-state index < -0.39 is 0 Å². The molecule has 1 nitrogen and oxygen atoms in total. The van der Waals surface area contributed by atoms with Gasteiger partial charge in [0.15, 0.2) is 0 Å². The van der Waals surface area contributed by atoms with Crippen molar-refractivity contribution in [3.63, 3.8) is 0 Å². The van der Waals surface area contributed by atoms with Gasteiger partial charge in [-0.2, -0.15) is 0 Å². The van der Waals surface area contributed by atoms with Gasteiger partial charge in [-0.05, 0) is 47.0 Å². The number of benzene rings is 4. The van der Waals surface area contributed by atoms with Crippen molar-refractivity contribution < 1.29 is 4.74 Å². The zero-order chi connectivity index (χ0) is 17.8. The summed E-state index contributed by atoms with van der Waals surface area (Å²) in [5.74, 6) is 1.63. The number of hydrogen-bond acceptors (Lipinski definition) is 1. The van der Waals surface area contributed by atoms with Crippen molar-refractivity contribution in [2.75, 3.05) is 0 Å². The number of hydrogen-bond donors (Lipinski definition) is 0. The molecular weight excluding hydrogens is 340 g/mol. The van der Waals surface area contributed by atoms with Crippen molar-refractivity contribution in [2.24, 2.45) is 0 Å². The lowest BCUT2D eigenvalue weighted by molar-refractivity contribution is 0.484. The second-order valence-electron chi connectivity index (χ2n) is 5.97. The molecule has 4 rings (SSSR count). The molecule has 2 heteroatoms. The largest absolute Gasteiger partial charge is 0.457 e. The highest BCUT2D eigenvalue weighted by molar-refractivity contribution is 6.30. The van der Waals surface area contributed by atoms with Gasteiger partial charge < -0.3 is 4.74 Å². The van der Waals surface area contributed by atoms with Gasteiger partial charge in [-0.25, -0.2) is 0 Å². The molecule has 4 aromatic rings. The van der Waals surface area contributed by atoms with Gasteiger partial charge in [0.2, 0.25) is 0 Å². The smallest absolute Gasteiger partial charge is 0.135 e. The number of halogens is 1. The van der Waals surface area contributed by atoms with E-state index >= 15 is 0 Å². The minimum Gasteiger partial charge on any atom is -0.457 e. The van der Waals surface area contributed by atoms with Crippen LogP contribution in [0, 0.1) is 0 Å². The monoisotopic (exact) mass is 356 g/mol. The Balaban J connectivity index is 1.90. The van der Waals surface area contributed by atoms with Gasteiger partial charge in [0, 0.05) is 10.6 Å². The van der Waals surface area contributed by atoms with Crippen molar-refractivity contribution in [2.45, 2.75) is 0 Å². The molecule has 0 fully saturated rings. The summed E-state index contributed by atoms with van der Waals surface area (Å²) >= 11 is 6.23. The lowest BCUT2D eigenvalue weighted by Crippen LogP contribution is -1.92. The van der Waals surface area contributed by atoms with Crippen LogP contribution in [-0.4, -0.2) is 0 Å². The summed E-state index contributed by atoms with van der Waals surface area (Å²) in [5, 5.41) is 0.718. The summed E-state index contributed by atoms with van der Waals surface area (Å²) in [6.45, 7) is 0. The fourth-order valence-electron chi connectivity index (χ4n) is 3.03. The maximum atomic E-state index is 6.23. The fourth-order valence-corrected chi connectivity index (χ4v) is 3.22. The van der Waals surface area contributed by atoms with Gasteiger partial charge in [0.25, 0.3) is 0 Å². The van der Waals surface area contributed by atoms with Gasteiger partial charge in [-0.3, -0.25) is 0 Å². The van der Waals surface area contributed by atoms with Crippen molar-refractivity contribution in [1.82, 2.24) is 0 Å². The van der Waals surface area contributed by atoms with E-state index in [1.54, 1.807) is 0 Å². The van der Waals surface area contributed by atoms with E-state index in [0.29, 0.717) is 0 Å². The van der Waals surface area contributed by atoms with E-state index in [2.05, 4.69) is 24.3 Å². The third-order valence-corrected chi connectivity index (χ3v) is 4.43. The molecule has 0 bridgehead atoms. The van der Waals surface area contributed by atoms with Crippen molar-refractivity contribution in [3.05, 3.63) is 108 Å². The maximum absolute atomic E-state index is 6.23. The molecule has 0 N–H and O–H groups in total. The standard InChI is InChI=1S/C24H17ClO/c25-20-12-7-11-19(17-20)22-15-8-16-23(26-21-13-5-2-6-14-21)24(22)18-9-3-1-4-10-18/h1-17H. The molecule has 0 radical (unpaired) electrons. The quantitative estimate of drug-likeness (QED) is 0.368. The fraction of sp³-hybridized carbons (Fsp3) is 0. The van der Waals surface area contributed by atoms with Crippen molar-refractivity contribution >= 4 is 11.6 Å². The molecule has 0 spiro atoms. The van der Waals surface area contributed by atoms with Gasteiger partial charge in [0.1, 0.15) is 11.5 Å². The van der Waals surface area contributed by atoms with Crippen LogP contribution in [0.4, 0.5) is 0 Å². The molecule has 126 valence electrons. The molecule has 0 amide bonds. The lowest BCUT2D eigenvalue weighted by Gasteiger charge is -2.16. The average Bonchev–Trinajstić information content (AvgIpc) is 2.69. The summed E-state index contributed by atoms with van der Waals surface area (Å²) in [6, 6.07) is 34.2. The van der Waals surface area contributed by atoms with Crippen LogP contribution in [0.5, 0.6) is 11.5 Å². The normalized spacial score (nSPS) is 10.5. The van der Waals surface area contributed by atoms with Gasteiger partial charge in [0.05, 0.1) is 0 Å². The first-order valence-electron chi connectivity index (χ1n) is 8.48. The Labute approximate surface area is 158 Å². The Morgan fingerprint density at radius 1 is 0.577 bits per heavy atom. The summed E-state index contributed by atoms with van der Waals surface area (Å²) in [6.07, 6.45) is 0. The first-order chi connectivity index (χ1) is 12.8. The van der Waals surface area contributed by atoms with Crippen LogP contribution in [0.25, 0.3) is 22.3 Å².